The highest BCUT2D eigenvalue weighted by atomic mass is 32.1. The van der Waals surface area contributed by atoms with Gasteiger partial charge in [0.25, 0.3) is 5.89 Å². The van der Waals surface area contributed by atoms with Crippen LogP contribution in [0.2, 0.25) is 0 Å². The Kier molecular flexibility index (Phi) is 4.99. The normalized spacial score (nSPS) is 10.8. The van der Waals surface area contributed by atoms with Gasteiger partial charge in [-0.2, -0.15) is 0 Å². The van der Waals surface area contributed by atoms with Crippen LogP contribution in [0.25, 0.3) is 21.9 Å². The van der Waals surface area contributed by atoms with Crippen molar-refractivity contribution in [3.63, 3.8) is 0 Å². The number of hydrogen-bond acceptors (Lipinski definition) is 6. The fourth-order valence-electron chi connectivity index (χ4n) is 2.89. The third-order valence-electron chi connectivity index (χ3n) is 4.19. The summed E-state index contributed by atoms with van der Waals surface area (Å²) in [6.07, 6.45) is 0.228. The van der Waals surface area contributed by atoms with Crippen molar-refractivity contribution in [2.45, 2.75) is 20.3 Å². The van der Waals surface area contributed by atoms with Crippen molar-refractivity contribution in [2.24, 2.45) is 0 Å². The van der Waals surface area contributed by atoms with E-state index in [0.717, 1.165) is 32.3 Å². The van der Waals surface area contributed by atoms with Crippen molar-refractivity contribution >= 4 is 23.3 Å². The molecule has 0 bridgehead atoms. The van der Waals surface area contributed by atoms with Crippen LogP contribution in [-0.4, -0.2) is 21.1 Å². The number of benzene rings is 2. The Morgan fingerprint density at radius 3 is 2.39 bits per heavy atom. The minimum Gasteiger partial charge on any atom is -0.402 e. The fourth-order valence-corrected chi connectivity index (χ4v) is 3.73. The molecule has 0 saturated carbocycles. The van der Waals surface area contributed by atoms with E-state index >= 15 is 0 Å². The van der Waals surface area contributed by atoms with Crippen LogP contribution < -0.4 is 5.32 Å². The molecule has 4 rings (SSSR count). The first kappa shape index (κ1) is 18.1. The van der Waals surface area contributed by atoms with Crippen molar-refractivity contribution < 1.29 is 9.21 Å². The molecular formula is C21H18N4O2S. The molecule has 140 valence electrons. The predicted octanol–water partition coefficient (Wildman–Crippen LogP) is 4.66. The van der Waals surface area contributed by atoms with Crippen LogP contribution in [0.4, 0.5) is 6.01 Å². The Hall–Kier alpha value is -3.32. The molecule has 0 fully saturated rings. The number of hydrogen-bond donors (Lipinski definition) is 1. The van der Waals surface area contributed by atoms with Gasteiger partial charge in [-0.3, -0.25) is 10.1 Å². The molecular weight excluding hydrogens is 372 g/mol. The van der Waals surface area contributed by atoms with Gasteiger partial charge in [-0.25, -0.2) is 4.98 Å². The molecule has 6 nitrogen and oxygen atoms in total. The molecule has 4 aromatic rings. The van der Waals surface area contributed by atoms with Gasteiger partial charge in [0.1, 0.15) is 4.88 Å². The van der Waals surface area contributed by atoms with Crippen LogP contribution in [0.3, 0.4) is 0 Å². The maximum Gasteiger partial charge on any atom is 0.322 e. The van der Waals surface area contributed by atoms with Gasteiger partial charge < -0.3 is 4.42 Å². The number of carbonyl (C=O) groups excluding carboxylic acids is 1. The molecule has 2 heterocycles. The summed E-state index contributed by atoms with van der Waals surface area (Å²) in [5, 5.41) is 11.5. The summed E-state index contributed by atoms with van der Waals surface area (Å²) in [5.74, 6) is 0.158. The molecule has 0 aliphatic heterocycles. The summed E-state index contributed by atoms with van der Waals surface area (Å²) in [6, 6.07) is 18.1. The van der Waals surface area contributed by atoms with Crippen molar-refractivity contribution in [2.75, 3.05) is 5.32 Å². The van der Waals surface area contributed by atoms with Gasteiger partial charge in [-0.05, 0) is 30.5 Å². The zero-order chi connectivity index (χ0) is 19.5. The first-order valence-electron chi connectivity index (χ1n) is 8.80. The Morgan fingerprint density at radius 2 is 1.71 bits per heavy atom. The lowest BCUT2D eigenvalue weighted by Gasteiger charge is -2.04. The lowest BCUT2D eigenvalue weighted by atomic mass is 10.0. The maximum atomic E-state index is 12.3. The Bertz CT molecular complexity index is 1100. The average Bonchev–Trinajstić information content (AvgIpc) is 3.28. The van der Waals surface area contributed by atoms with E-state index in [-0.39, 0.29) is 18.3 Å². The summed E-state index contributed by atoms with van der Waals surface area (Å²) in [4.78, 5) is 17.5. The number of rotatable bonds is 5. The minimum atomic E-state index is -0.208. The summed E-state index contributed by atoms with van der Waals surface area (Å²) in [5.41, 5.74) is 4.00. The zero-order valence-corrected chi connectivity index (χ0v) is 16.3. The first-order chi connectivity index (χ1) is 13.6. The highest BCUT2D eigenvalue weighted by Crippen LogP contribution is 2.29. The fraction of sp³-hybridized carbons (Fsp3) is 0.143. The quantitative estimate of drug-likeness (QED) is 0.536. The van der Waals surface area contributed by atoms with E-state index < -0.39 is 0 Å². The number of thiazole rings is 1. The monoisotopic (exact) mass is 390 g/mol. The largest absolute Gasteiger partial charge is 0.402 e. The SMILES string of the molecule is Cc1nc(C)c(-c2nnc(NC(=O)Cc3ccc(-c4ccccc4)cc3)o2)s1. The van der Waals surface area contributed by atoms with Crippen LogP contribution in [-0.2, 0) is 11.2 Å². The molecule has 0 aliphatic carbocycles. The van der Waals surface area contributed by atoms with Gasteiger partial charge in [-0.15, -0.1) is 16.4 Å². The number of nitrogens with zero attached hydrogens (tertiary/aromatic N) is 3. The van der Waals surface area contributed by atoms with Crippen LogP contribution in [0.5, 0.6) is 0 Å². The molecule has 1 amide bonds. The third kappa shape index (κ3) is 3.99. The molecule has 0 radical (unpaired) electrons. The minimum absolute atomic E-state index is 0.0892. The number of aryl methyl sites for hydroxylation is 2. The molecule has 0 atom stereocenters. The van der Waals surface area contributed by atoms with Crippen molar-refractivity contribution in [3.05, 3.63) is 70.9 Å². The van der Waals surface area contributed by atoms with Crippen LogP contribution in [0.1, 0.15) is 16.3 Å². The first-order valence-corrected chi connectivity index (χ1v) is 9.62. The Balaban J connectivity index is 1.40. The van der Waals surface area contributed by atoms with E-state index in [1.807, 2.05) is 56.3 Å². The standard InChI is InChI=1S/C21H18N4O2S/c1-13-19(28-14(2)22-13)20-24-25-21(27-20)23-18(26)12-15-8-10-17(11-9-15)16-6-4-3-5-7-16/h3-11H,12H2,1-2H3,(H,23,25,26). The predicted molar refractivity (Wildman–Crippen MR) is 109 cm³/mol. The van der Waals surface area contributed by atoms with E-state index in [4.69, 9.17) is 4.42 Å². The number of anilines is 1. The van der Waals surface area contributed by atoms with Gasteiger partial charge in [-0.1, -0.05) is 59.7 Å². The lowest BCUT2D eigenvalue weighted by Crippen LogP contribution is -2.14. The van der Waals surface area contributed by atoms with Gasteiger partial charge in [0.05, 0.1) is 17.1 Å². The molecule has 7 heteroatoms. The van der Waals surface area contributed by atoms with Gasteiger partial charge in [0.2, 0.25) is 5.91 Å². The number of amides is 1. The molecule has 0 spiro atoms. The van der Waals surface area contributed by atoms with E-state index in [0.29, 0.717) is 5.89 Å². The molecule has 0 unspecified atom stereocenters. The second kappa shape index (κ2) is 7.74. The van der Waals surface area contributed by atoms with E-state index in [2.05, 4.69) is 32.6 Å². The van der Waals surface area contributed by atoms with Crippen molar-refractivity contribution in [1.82, 2.24) is 15.2 Å². The molecule has 0 saturated heterocycles. The summed E-state index contributed by atoms with van der Waals surface area (Å²) in [7, 11) is 0. The van der Waals surface area contributed by atoms with Crippen LogP contribution in [0.15, 0.2) is 59.0 Å². The second-order valence-corrected chi connectivity index (χ2v) is 7.55. The van der Waals surface area contributed by atoms with Crippen molar-refractivity contribution in [1.29, 1.82) is 0 Å². The molecule has 1 N–H and O–H groups in total. The highest BCUT2D eigenvalue weighted by Gasteiger charge is 2.16. The molecule has 0 aliphatic rings. The van der Waals surface area contributed by atoms with E-state index in [1.54, 1.807) is 0 Å². The van der Waals surface area contributed by atoms with Gasteiger partial charge in [0, 0.05) is 0 Å². The molecule has 2 aromatic carbocycles. The van der Waals surface area contributed by atoms with Crippen LogP contribution >= 0.6 is 11.3 Å². The zero-order valence-electron chi connectivity index (χ0n) is 15.5. The van der Waals surface area contributed by atoms with Crippen molar-refractivity contribution in [3.8, 4) is 21.9 Å². The van der Waals surface area contributed by atoms with E-state index in [9.17, 15) is 4.79 Å². The number of aromatic nitrogens is 3. The second-order valence-electron chi connectivity index (χ2n) is 6.35. The van der Waals surface area contributed by atoms with E-state index in [1.165, 1.54) is 11.3 Å². The lowest BCUT2D eigenvalue weighted by molar-refractivity contribution is -0.115. The highest BCUT2D eigenvalue weighted by molar-refractivity contribution is 7.15. The number of carbonyl (C=O) groups is 1. The smallest absolute Gasteiger partial charge is 0.322 e. The topological polar surface area (TPSA) is 80.9 Å². The Morgan fingerprint density at radius 1 is 1.00 bits per heavy atom. The number of nitrogens with one attached hydrogen (secondary N) is 1. The summed E-state index contributed by atoms with van der Waals surface area (Å²) < 4.78 is 5.57. The molecule has 28 heavy (non-hydrogen) atoms. The average molecular weight is 390 g/mol. The molecule has 2 aromatic heterocycles. The van der Waals surface area contributed by atoms with Crippen LogP contribution in [0, 0.1) is 13.8 Å². The Labute approximate surface area is 166 Å². The van der Waals surface area contributed by atoms with Gasteiger partial charge in [0.15, 0.2) is 0 Å². The van der Waals surface area contributed by atoms with Gasteiger partial charge >= 0.3 is 6.01 Å². The third-order valence-corrected chi connectivity index (χ3v) is 5.26. The summed E-state index contributed by atoms with van der Waals surface area (Å²) in [6.45, 7) is 3.81. The summed E-state index contributed by atoms with van der Waals surface area (Å²) >= 11 is 1.48. The maximum absolute atomic E-state index is 12.3.